The molecule has 19 heavy (non-hydrogen) atoms. The topological polar surface area (TPSA) is 35.5 Å². The summed E-state index contributed by atoms with van der Waals surface area (Å²) in [5, 5.41) is 0.468. The maximum absolute atomic E-state index is 12.3. The van der Waals surface area contributed by atoms with Gasteiger partial charge in [-0.05, 0) is 24.3 Å². The third-order valence-electron chi connectivity index (χ3n) is 2.82. The van der Waals surface area contributed by atoms with Crippen molar-refractivity contribution >= 4 is 28.7 Å². The molecule has 5 heteroatoms. The number of ether oxygens (including phenoxy) is 2. The summed E-state index contributed by atoms with van der Waals surface area (Å²) in [4.78, 5) is 13.9. The Hall–Kier alpha value is -1.20. The fourth-order valence-electron chi connectivity index (χ4n) is 1.90. The summed E-state index contributed by atoms with van der Waals surface area (Å²) in [5.74, 6) is -0.0696. The third-order valence-corrected chi connectivity index (χ3v) is 4.26. The molecule has 1 aliphatic heterocycles. The summed E-state index contributed by atoms with van der Waals surface area (Å²) in [6.07, 6.45) is -0.335. The van der Waals surface area contributed by atoms with Crippen molar-refractivity contribution in [1.29, 1.82) is 0 Å². The molecule has 0 unspecified atom stereocenters. The fraction of sp³-hybridized carbons (Fsp3) is 0.214. The Balaban J connectivity index is 1.86. The lowest BCUT2D eigenvalue weighted by Crippen LogP contribution is -1.99. The van der Waals surface area contributed by atoms with Crippen molar-refractivity contribution in [3.63, 3.8) is 0 Å². The van der Waals surface area contributed by atoms with Gasteiger partial charge in [-0.25, -0.2) is 0 Å². The number of benzene rings is 1. The van der Waals surface area contributed by atoms with E-state index in [4.69, 9.17) is 21.1 Å². The molecule has 0 amide bonds. The van der Waals surface area contributed by atoms with E-state index in [1.807, 2.05) is 6.07 Å². The Bertz CT molecular complexity index is 602. The Morgan fingerprint density at radius 1 is 1.16 bits per heavy atom. The lowest BCUT2D eigenvalue weighted by atomic mass is 10.1. The number of thiophene rings is 1. The van der Waals surface area contributed by atoms with Crippen LogP contribution in [-0.4, -0.2) is 19.0 Å². The van der Waals surface area contributed by atoms with E-state index in [0.717, 1.165) is 4.88 Å². The smallest absolute Gasteiger partial charge is 0.204 e. The van der Waals surface area contributed by atoms with Crippen LogP contribution >= 0.6 is 22.9 Å². The first-order chi connectivity index (χ1) is 9.25. The molecule has 1 aromatic carbocycles. The average Bonchev–Trinajstić information content (AvgIpc) is 3.09. The number of rotatable bonds is 3. The molecule has 0 atom stereocenters. The standard InChI is InChI=1S/C14H11ClO3S/c15-10-4-2-1-3-9(10)13(16)11-5-6-12(19-11)14-17-7-8-18-14/h1-6,14H,7-8H2. The highest BCUT2D eigenvalue weighted by atomic mass is 35.5. The highest BCUT2D eigenvalue weighted by molar-refractivity contribution is 7.14. The molecule has 2 aromatic rings. The van der Waals surface area contributed by atoms with Crippen molar-refractivity contribution in [3.05, 3.63) is 56.7 Å². The predicted molar refractivity (Wildman–Crippen MR) is 73.8 cm³/mol. The van der Waals surface area contributed by atoms with E-state index in [1.54, 1.807) is 30.3 Å². The van der Waals surface area contributed by atoms with Crippen LogP contribution in [0.1, 0.15) is 26.4 Å². The molecule has 98 valence electrons. The minimum atomic E-state index is -0.335. The predicted octanol–water partition coefficient (Wildman–Crippen LogP) is 3.68. The number of carbonyl (C=O) groups is 1. The molecule has 0 spiro atoms. The van der Waals surface area contributed by atoms with Crippen molar-refractivity contribution in [2.45, 2.75) is 6.29 Å². The second-order valence-corrected chi connectivity index (χ2v) is 5.61. The minimum Gasteiger partial charge on any atom is -0.345 e. The Kier molecular flexibility index (Phi) is 3.66. The molecule has 2 heterocycles. The SMILES string of the molecule is O=C(c1ccc(C2OCCO2)s1)c1ccccc1Cl. The molecule has 1 aliphatic rings. The molecule has 0 radical (unpaired) electrons. The van der Waals surface area contributed by atoms with Crippen molar-refractivity contribution < 1.29 is 14.3 Å². The summed E-state index contributed by atoms with van der Waals surface area (Å²) < 4.78 is 10.8. The quantitative estimate of drug-likeness (QED) is 0.810. The zero-order valence-corrected chi connectivity index (χ0v) is 11.5. The second-order valence-electron chi connectivity index (χ2n) is 4.08. The van der Waals surface area contributed by atoms with Crippen LogP contribution in [0, 0.1) is 0 Å². The van der Waals surface area contributed by atoms with Gasteiger partial charge >= 0.3 is 0 Å². The first-order valence-electron chi connectivity index (χ1n) is 5.88. The zero-order chi connectivity index (χ0) is 13.2. The third kappa shape index (κ3) is 2.58. The molecular weight excluding hydrogens is 284 g/mol. The van der Waals surface area contributed by atoms with E-state index in [0.29, 0.717) is 28.7 Å². The van der Waals surface area contributed by atoms with E-state index in [1.165, 1.54) is 11.3 Å². The summed E-state index contributed by atoms with van der Waals surface area (Å²) >= 11 is 7.42. The van der Waals surface area contributed by atoms with Crippen LogP contribution in [0.2, 0.25) is 5.02 Å². The van der Waals surface area contributed by atoms with Crippen molar-refractivity contribution in [1.82, 2.24) is 0 Å². The summed E-state index contributed by atoms with van der Waals surface area (Å²) in [6, 6.07) is 10.7. The monoisotopic (exact) mass is 294 g/mol. The molecule has 1 aromatic heterocycles. The van der Waals surface area contributed by atoms with Gasteiger partial charge in [0.05, 0.1) is 28.0 Å². The van der Waals surface area contributed by atoms with Gasteiger partial charge in [0.15, 0.2) is 6.29 Å². The minimum absolute atomic E-state index is 0.0696. The van der Waals surface area contributed by atoms with Gasteiger partial charge in [0.1, 0.15) is 0 Å². The molecule has 0 bridgehead atoms. The van der Waals surface area contributed by atoms with Crippen LogP contribution in [0.25, 0.3) is 0 Å². The largest absolute Gasteiger partial charge is 0.345 e. The van der Waals surface area contributed by atoms with Crippen LogP contribution in [-0.2, 0) is 9.47 Å². The molecule has 1 fully saturated rings. The molecule has 1 saturated heterocycles. The van der Waals surface area contributed by atoms with Crippen LogP contribution in [0.15, 0.2) is 36.4 Å². The Morgan fingerprint density at radius 3 is 2.63 bits per heavy atom. The van der Waals surface area contributed by atoms with Gasteiger partial charge in [-0.1, -0.05) is 23.7 Å². The van der Waals surface area contributed by atoms with Crippen molar-refractivity contribution in [3.8, 4) is 0 Å². The summed E-state index contributed by atoms with van der Waals surface area (Å²) in [7, 11) is 0. The van der Waals surface area contributed by atoms with Gasteiger partial charge in [0.2, 0.25) is 5.78 Å². The van der Waals surface area contributed by atoms with E-state index in [9.17, 15) is 4.79 Å². The maximum atomic E-state index is 12.3. The molecule has 0 N–H and O–H groups in total. The van der Waals surface area contributed by atoms with Gasteiger partial charge in [-0.15, -0.1) is 11.3 Å². The summed E-state index contributed by atoms with van der Waals surface area (Å²) in [5.41, 5.74) is 0.519. The lowest BCUT2D eigenvalue weighted by molar-refractivity contribution is -0.0413. The number of ketones is 1. The van der Waals surface area contributed by atoms with Crippen LogP contribution in [0.4, 0.5) is 0 Å². The second kappa shape index (κ2) is 5.43. The van der Waals surface area contributed by atoms with E-state index in [-0.39, 0.29) is 12.1 Å². The van der Waals surface area contributed by atoms with Gasteiger partial charge in [-0.2, -0.15) is 0 Å². The van der Waals surface area contributed by atoms with E-state index in [2.05, 4.69) is 0 Å². The van der Waals surface area contributed by atoms with Gasteiger partial charge < -0.3 is 9.47 Å². The maximum Gasteiger partial charge on any atom is 0.204 e. The normalized spacial score (nSPS) is 15.8. The molecule has 3 rings (SSSR count). The number of hydrogen-bond donors (Lipinski definition) is 0. The van der Waals surface area contributed by atoms with Gasteiger partial charge in [-0.3, -0.25) is 4.79 Å². The number of carbonyl (C=O) groups excluding carboxylic acids is 1. The van der Waals surface area contributed by atoms with E-state index >= 15 is 0 Å². The average molecular weight is 295 g/mol. The molecular formula is C14H11ClO3S. The highest BCUT2D eigenvalue weighted by Gasteiger charge is 2.22. The first-order valence-corrected chi connectivity index (χ1v) is 7.07. The van der Waals surface area contributed by atoms with Gasteiger partial charge in [0, 0.05) is 5.56 Å². The fourth-order valence-corrected chi connectivity index (χ4v) is 3.08. The highest BCUT2D eigenvalue weighted by Crippen LogP contribution is 2.31. The number of hydrogen-bond acceptors (Lipinski definition) is 4. The van der Waals surface area contributed by atoms with Crippen molar-refractivity contribution in [2.24, 2.45) is 0 Å². The Morgan fingerprint density at radius 2 is 1.89 bits per heavy atom. The molecule has 0 aliphatic carbocycles. The first kappa shape index (κ1) is 12.8. The Labute approximate surface area is 119 Å². The van der Waals surface area contributed by atoms with Crippen LogP contribution < -0.4 is 0 Å². The summed E-state index contributed by atoms with van der Waals surface area (Å²) in [6.45, 7) is 1.19. The van der Waals surface area contributed by atoms with Gasteiger partial charge in [0.25, 0.3) is 0 Å². The molecule has 0 saturated carbocycles. The van der Waals surface area contributed by atoms with Crippen LogP contribution in [0.5, 0.6) is 0 Å². The van der Waals surface area contributed by atoms with E-state index < -0.39 is 0 Å². The zero-order valence-electron chi connectivity index (χ0n) is 9.97. The van der Waals surface area contributed by atoms with Crippen LogP contribution in [0.3, 0.4) is 0 Å². The molecule has 3 nitrogen and oxygen atoms in total. The lowest BCUT2D eigenvalue weighted by Gasteiger charge is -2.04. The number of halogens is 1. The van der Waals surface area contributed by atoms with Crippen molar-refractivity contribution in [2.75, 3.05) is 13.2 Å².